The fourth-order valence-electron chi connectivity index (χ4n) is 0.528. The van der Waals surface area contributed by atoms with Gasteiger partial charge in [0.25, 0.3) is 0 Å². The van der Waals surface area contributed by atoms with Crippen molar-refractivity contribution in [3.63, 3.8) is 0 Å². The number of methoxy groups -OCH3 is 1. The molecule has 1 N–H and O–H groups in total. The van der Waals surface area contributed by atoms with Gasteiger partial charge in [0.2, 0.25) is 0 Å². The molecule has 1 saturated heterocycles. The van der Waals surface area contributed by atoms with E-state index in [1.54, 1.807) is 0 Å². The standard InChI is InChI=1S/C4H7N2O2/c1-8-3-2-5-4(7)6-3/h3H,2H2,1H3,(H,6,7). The topological polar surface area (TPSA) is 52.4 Å². The third-order valence-corrected chi connectivity index (χ3v) is 0.970. The van der Waals surface area contributed by atoms with Gasteiger partial charge in [-0.1, -0.05) is 0 Å². The van der Waals surface area contributed by atoms with Crippen molar-refractivity contribution in [2.75, 3.05) is 13.7 Å². The summed E-state index contributed by atoms with van der Waals surface area (Å²) in [6, 6.07) is -0.281. The number of rotatable bonds is 1. The Balaban J connectivity index is 2.32. The molecule has 0 bridgehead atoms. The molecule has 1 unspecified atom stereocenters. The number of ether oxygens (including phenoxy) is 1. The highest BCUT2D eigenvalue weighted by atomic mass is 16.5. The first-order valence-electron chi connectivity index (χ1n) is 2.33. The first-order valence-corrected chi connectivity index (χ1v) is 2.33. The van der Waals surface area contributed by atoms with E-state index in [-0.39, 0.29) is 12.3 Å². The Hall–Kier alpha value is -0.770. The number of nitrogens with zero attached hydrogens (tertiary/aromatic N) is 1. The van der Waals surface area contributed by atoms with Crippen molar-refractivity contribution in [1.29, 1.82) is 0 Å². The molecule has 1 atom stereocenters. The maximum absolute atomic E-state index is 10.3. The summed E-state index contributed by atoms with van der Waals surface area (Å²) in [6.45, 7) is 0.440. The minimum absolute atomic E-state index is 0.192. The Kier molecular flexibility index (Phi) is 1.34. The fraction of sp³-hybridized carbons (Fsp3) is 0.750. The van der Waals surface area contributed by atoms with Crippen molar-refractivity contribution in [2.24, 2.45) is 0 Å². The minimum atomic E-state index is -0.281. The highest BCUT2D eigenvalue weighted by Gasteiger charge is 2.19. The molecule has 1 radical (unpaired) electrons. The highest BCUT2D eigenvalue weighted by Crippen LogP contribution is 1.90. The Labute approximate surface area is 47.2 Å². The van der Waals surface area contributed by atoms with Crippen LogP contribution >= 0.6 is 0 Å². The first-order chi connectivity index (χ1) is 3.83. The molecule has 45 valence electrons. The average molecular weight is 115 g/mol. The molecule has 0 spiro atoms. The number of carbonyl (C=O) groups excluding carboxylic acids is 1. The maximum Gasteiger partial charge on any atom is 0.338 e. The van der Waals surface area contributed by atoms with Crippen LogP contribution in [0, 0.1) is 0 Å². The zero-order valence-corrected chi connectivity index (χ0v) is 4.55. The lowest BCUT2D eigenvalue weighted by atomic mass is 10.6. The highest BCUT2D eigenvalue weighted by molar-refractivity contribution is 5.75. The van der Waals surface area contributed by atoms with E-state index in [9.17, 15) is 4.79 Å². The van der Waals surface area contributed by atoms with E-state index < -0.39 is 0 Å². The van der Waals surface area contributed by atoms with Gasteiger partial charge in [-0.2, -0.15) is 0 Å². The Morgan fingerprint density at radius 3 is 3.00 bits per heavy atom. The van der Waals surface area contributed by atoms with Gasteiger partial charge >= 0.3 is 6.03 Å². The van der Waals surface area contributed by atoms with E-state index in [1.165, 1.54) is 7.11 Å². The summed E-state index contributed by atoms with van der Waals surface area (Å²) in [7, 11) is 1.53. The van der Waals surface area contributed by atoms with Gasteiger partial charge < -0.3 is 10.1 Å². The Morgan fingerprint density at radius 2 is 2.75 bits per heavy atom. The van der Waals surface area contributed by atoms with Crippen molar-refractivity contribution < 1.29 is 9.53 Å². The lowest BCUT2D eigenvalue weighted by Crippen LogP contribution is -2.27. The average Bonchev–Trinajstić information content (AvgIpc) is 2.14. The molecule has 4 nitrogen and oxygen atoms in total. The molecule has 0 aliphatic carbocycles. The largest absolute Gasteiger partial charge is 0.360 e. The zero-order chi connectivity index (χ0) is 5.98. The second kappa shape index (κ2) is 2.00. The van der Waals surface area contributed by atoms with Gasteiger partial charge in [0.05, 0.1) is 6.54 Å². The van der Waals surface area contributed by atoms with Crippen LogP contribution in [0.2, 0.25) is 0 Å². The molecule has 1 aliphatic heterocycles. The van der Waals surface area contributed by atoms with Crippen molar-refractivity contribution in [2.45, 2.75) is 6.23 Å². The van der Waals surface area contributed by atoms with E-state index in [1.807, 2.05) is 0 Å². The summed E-state index contributed by atoms with van der Waals surface area (Å²) in [4.78, 5) is 10.3. The molecular formula is C4H7N2O2. The van der Waals surface area contributed by atoms with E-state index in [0.717, 1.165) is 0 Å². The van der Waals surface area contributed by atoms with Crippen LogP contribution in [0.3, 0.4) is 0 Å². The Morgan fingerprint density at radius 1 is 2.00 bits per heavy atom. The van der Waals surface area contributed by atoms with Crippen molar-refractivity contribution >= 4 is 6.03 Å². The molecule has 1 aliphatic rings. The summed E-state index contributed by atoms with van der Waals surface area (Å²) >= 11 is 0. The minimum Gasteiger partial charge on any atom is -0.360 e. The van der Waals surface area contributed by atoms with Crippen LogP contribution in [0.5, 0.6) is 0 Å². The maximum atomic E-state index is 10.3. The lowest BCUT2D eigenvalue weighted by Gasteiger charge is -2.01. The summed E-state index contributed by atoms with van der Waals surface area (Å²) in [5.41, 5.74) is 0. The third kappa shape index (κ3) is 0.894. The van der Waals surface area contributed by atoms with Crippen molar-refractivity contribution in [3.05, 3.63) is 0 Å². The van der Waals surface area contributed by atoms with Gasteiger partial charge in [0.15, 0.2) is 6.23 Å². The SMILES string of the molecule is COC1C[N]C(=O)N1. The number of hydrogen-bond acceptors (Lipinski definition) is 2. The van der Waals surface area contributed by atoms with Crippen LogP contribution in [0.4, 0.5) is 4.79 Å². The van der Waals surface area contributed by atoms with Gasteiger partial charge in [0, 0.05) is 7.11 Å². The number of urea groups is 1. The van der Waals surface area contributed by atoms with Crippen LogP contribution in [0.15, 0.2) is 0 Å². The molecule has 1 fully saturated rings. The van der Waals surface area contributed by atoms with Gasteiger partial charge in [-0.05, 0) is 0 Å². The molecule has 8 heavy (non-hydrogen) atoms. The summed E-state index contributed by atoms with van der Waals surface area (Å²) in [5, 5.41) is 5.99. The van der Waals surface area contributed by atoms with Crippen LogP contribution in [0.25, 0.3) is 0 Å². The summed E-state index contributed by atoms with van der Waals surface area (Å²) in [6.07, 6.45) is -0.192. The summed E-state index contributed by atoms with van der Waals surface area (Å²) < 4.78 is 4.76. The molecule has 0 aromatic heterocycles. The normalized spacial score (nSPS) is 27.1. The zero-order valence-electron chi connectivity index (χ0n) is 4.55. The van der Waals surface area contributed by atoms with Gasteiger partial charge in [-0.25, -0.2) is 10.1 Å². The molecule has 4 heteroatoms. The van der Waals surface area contributed by atoms with Crippen LogP contribution in [-0.2, 0) is 4.74 Å². The number of amides is 2. The molecule has 0 aromatic rings. The fourth-order valence-corrected chi connectivity index (χ4v) is 0.528. The Bertz CT molecular complexity index is 104. The van der Waals surface area contributed by atoms with Crippen LogP contribution in [0.1, 0.15) is 0 Å². The second-order valence-corrected chi connectivity index (χ2v) is 1.51. The predicted molar refractivity (Wildman–Crippen MR) is 26.3 cm³/mol. The number of carbonyl (C=O) groups is 1. The molecule has 2 amide bonds. The second-order valence-electron chi connectivity index (χ2n) is 1.51. The van der Waals surface area contributed by atoms with E-state index in [4.69, 9.17) is 4.74 Å². The predicted octanol–water partition coefficient (Wildman–Crippen LogP) is -0.714. The van der Waals surface area contributed by atoms with E-state index in [0.29, 0.717) is 6.54 Å². The van der Waals surface area contributed by atoms with Crippen molar-refractivity contribution in [1.82, 2.24) is 10.6 Å². The van der Waals surface area contributed by atoms with Gasteiger partial charge in [-0.3, -0.25) is 0 Å². The van der Waals surface area contributed by atoms with Crippen molar-refractivity contribution in [3.8, 4) is 0 Å². The number of nitrogens with one attached hydrogen (secondary N) is 1. The van der Waals surface area contributed by atoms with E-state index in [2.05, 4.69) is 10.6 Å². The molecule has 0 saturated carbocycles. The quantitative estimate of drug-likeness (QED) is 0.490. The third-order valence-electron chi connectivity index (χ3n) is 0.970. The van der Waals surface area contributed by atoms with E-state index >= 15 is 0 Å². The summed E-state index contributed by atoms with van der Waals surface area (Å²) in [5.74, 6) is 0. The molecular weight excluding hydrogens is 108 g/mol. The molecule has 1 rings (SSSR count). The van der Waals surface area contributed by atoms with Gasteiger partial charge in [-0.15, -0.1) is 0 Å². The number of hydrogen-bond donors (Lipinski definition) is 1. The molecule has 0 aromatic carbocycles. The lowest BCUT2D eigenvalue weighted by molar-refractivity contribution is 0.103. The molecule has 1 heterocycles. The van der Waals surface area contributed by atoms with Gasteiger partial charge in [0.1, 0.15) is 0 Å². The monoisotopic (exact) mass is 115 g/mol. The van der Waals surface area contributed by atoms with Crippen LogP contribution < -0.4 is 10.6 Å². The smallest absolute Gasteiger partial charge is 0.338 e. The van der Waals surface area contributed by atoms with Crippen LogP contribution in [-0.4, -0.2) is 25.9 Å². The first kappa shape index (κ1) is 5.37.